The van der Waals surface area contributed by atoms with Crippen LogP contribution in [0.4, 0.5) is 5.69 Å². The standard InChI is InChI=1S/C25H34N4O2/c1-4-26-25(27-18-22-10-11-24(31-3)23(17-22)28-19(2)30)29-14-12-21(13-15-29)16-20-8-6-5-7-9-20/h5-11,17,21H,4,12-16,18H2,1-3H3,(H,26,27)(H,28,30). The van der Waals surface area contributed by atoms with E-state index in [1.54, 1.807) is 7.11 Å². The fourth-order valence-electron chi connectivity index (χ4n) is 4.03. The van der Waals surface area contributed by atoms with Crippen LogP contribution in [0.3, 0.4) is 0 Å². The maximum absolute atomic E-state index is 11.5. The van der Waals surface area contributed by atoms with Crippen LogP contribution >= 0.6 is 0 Å². The predicted octanol–water partition coefficient (Wildman–Crippen LogP) is 4.07. The van der Waals surface area contributed by atoms with Crippen molar-refractivity contribution < 1.29 is 9.53 Å². The lowest BCUT2D eigenvalue weighted by Crippen LogP contribution is -2.45. The number of likely N-dealkylation sites (tertiary alicyclic amines) is 1. The first-order chi connectivity index (χ1) is 15.1. The third kappa shape index (κ3) is 6.74. The van der Waals surface area contributed by atoms with Gasteiger partial charge in [0.15, 0.2) is 5.96 Å². The molecule has 166 valence electrons. The van der Waals surface area contributed by atoms with Crippen LogP contribution in [0.25, 0.3) is 0 Å². The molecule has 0 atom stereocenters. The van der Waals surface area contributed by atoms with E-state index in [4.69, 9.17) is 9.73 Å². The lowest BCUT2D eigenvalue weighted by Gasteiger charge is -2.34. The van der Waals surface area contributed by atoms with Crippen molar-refractivity contribution in [2.45, 2.75) is 39.7 Å². The van der Waals surface area contributed by atoms with Gasteiger partial charge in [-0.25, -0.2) is 4.99 Å². The first-order valence-corrected chi connectivity index (χ1v) is 11.1. The van der Waals surface area contributed by atoms with Gasteiger partial charge in [-0.15, -0.1) is 0 Å². The van der Waals surface area contributed by atoms with Crippen molar-refractivity contribution >= 4 is 17.6 Å². The summed E-state index contributed by atoms with van der Waals surface area (Å²) in [5.41, 5.74) is 3.13. The van der Waals surface area contributed by atoms with Crippen molar-refractivity contribution in [3.05, 3.63) is 59.7 Å². The molecule has 6 heteroatoms. The molecule has 0 spiro atoms. The first-order valence-electron chi connectivity index (χ1n) is 11.1. The van der Waals surface area contributed by atoms with Gasteiger partial charge in [-0.1, -0.05) is 36.4 Å². The Hall–Kier alpha value is -3.02. The minimum absolute atomic E-state index is 0.120. The topological polar surface area (TPSA) is 66.0 Å². The quantitative estimate of drug-likeness (QED) is 0.521. The first kappa shape index (κ1) is 22.7. The second-order valence-electron chi connectivity index (χ2n) is 8.01. The Kier molecular flexibility index (Phi) is 8.33. The molecule has 1 saturated heterocycles. The number of rotatable bonds is 7. The highest BCUT2D eigenvalue weighted by Gasteiger charge is 2.21. The van der Waals surface area contributed by atoms with Crippen molar-refractivity contribution in [1.82, 2.24) is 10.2 Å². The van der Waals surface area contributed by atoms with Crippen LogP contribution in [0.15, 0.2) is 53.5 Å². The predicted molar refractivity (Wildman–Crippen MR) is 127 cm³/mol. The maximum atomic E-state index is 11.5. The smallest absolute Gasteiger partial charge is 0.221 e. The number of methoxy groups -OCH3 is 1. The number of carbonyl (C=O) groups is 1. The Labute approximate surface area is 185 Å². The molecule has 1 aliphatic heterocycles. The number of nitrogens with one attached hydrogen (secondary N) is 2. The van der Waals surface area contributed by atoms with E-state index in [0.717, 1.165) is 43.5 Å². The molecule has 0 unspecified atom stereocenters. The van der Waals surface area contributed by atoms with Gasteiger partial charge < -0.3 is 20.3 Å². The molecule has 0 radical (unpaired) electrons. The van der Waals surface area contributed by atoms with Gasteiger partial charge >= 0.3 is 0 Å². The summed E-state index contributed by atoms with van der Waals surface area (Å²) in [6, 6.07) is 16.6. The van der Waals surface area contributed by atoms with Gasteiger partial charge in [0.25, 0.3) is 0 Å². The van der Waals surface area contributed by atoms with Gasteiger partial charge in [-0.3, -0.25) is 4.79 Å². The number of nitrogens with zero attached hydrogens (tertiary/aromatic N) is 2. The van der Waals surface area contributed by atoms with E-state index in [1.165, 1.54) is 25.3 Å². The zero-order valence-electron chi connectivity index (χ0n) is 18.9. The number of hydrogen-bond donors (Lipinski definition) is 2. The van der Waals surface area contributed by atoms with E-state index < -0.39 is 0 Å². The molecule has 2 aromatic carbocycles. The summed E-state index contributed by atoms with van der Waals surface area (Å²) in [6.45, 7) is 7.01. The summed E-state index contributed by atoms with van der Waals surface area (Å²) in [4.78, 5) is 18.7. The number of carbonyl (C=O) groups excluding carboxylic acids is 1. The van der Waals surface area contributed by atoms with E-state index in [1.807, 2.05) is 18.2 Å². The SMILES string of the molecule is CCNC(=NCc1ccc(OC)c(NC(C)=O)c1)N1CCC(Cc2ccccc2)CC1. The molecule has 2 N–H and O–H groups in total. The number of ether oxygens (including phenoxy) is 1. The number of benzene rings is 2. The van der Waals surface area contributed by atoms with Crippen LogP contribution in [-0.4, -0.2) is 43.5 Å². The summed E-state index contributed by atoms with van der Waals surface area (Å²) in [6.07, 6.45) is 3.50. The number of anilines is 1. The zero-order valence-corrected chi connectivity index (χ0v) is 18.9. The largest absolute Gasteiger partial charge is 0.495 e. The molecule has 0 aliphatic carbocycles. The molecule has 0 bridgehead atoms. The molecule has 3 rings (SSSR count). The van der Waals surface area contributed by atoms with E-state index >= 15 is 0 Å². The van der Waals surface area contributed by atoms with Gasteiger partial charge in [0, 0.05) is 26.6 Å². The highest BCUT2D eigenvalue weighted by atomic mass is 16.5. The van der Waals surface area contributed by atoms with Crippen LogP contribution in [0.1, 0.15) is 37.8 Å². The average molecular weight is 423 g/mol. The second-order valence-corrected chi connectivity index (χ2v) is 8.01. The normalized spacial score (nSPS) is 14.9. The Morgan fingerprint density at radius 2 is 1.87 bits per heavy atom. The minimum atomic E-state index is -0.120. The monoisotopic (exact) mass is 422 g/mol. The summed E-state index contributed by atoms with van der Waals surface area (Å²) < 4.78 is 5.34. The summed E-state index contributed by atoms with van der Waals surface area (Å²) in [5.74, 6) is 2.21. The van der Waals surface area contributed by atoms with Crippen LogP contribution in [0, 0.1) is 5.92 Å². The van der Waals surface area contributed by atoms with E-state index in [2.05, 4.69) is 52.8 Å². The van der Waals surface area contributed by atoms with E-state index in [9.17, 15) is 4.79 Å². The molecule has 0 aromatic heterocycles. The van der Waals surface area contributed by atoms with Crippen LogP contribution in [0.5, 0.6) is 5.75 Å². The Morgan fingerprint density at radius 1 is 1.13 bits per heavy atom. The van der Waals surface area contributed by atoms with E-state index in [0.29, 0.717) is 18.0 Å². The zero-order chi connectivity index (χ0) is 22.1. The third-order valence-electron chi connectivity index (χ3n) is 5.60. The molecular weight excluding hydrogens is 388 g/mol. The summed E-state index contributed by atoms with van der Waals surface area (Å²) >= 11 is 0. The van der Waals surface area contributed by atoms with Gasteiger partial charge in [-0.2, -0.15) is 0 Å². The summed E-state index contributed by atoms with van der Waals surface area (Å²) in [5, 5.41) is 6.27. The molecule has 0 saturated carbocycles. The van der Waals surface area contributed by atoms with Gasteiger partial charge in [-0.05, 0) is 55.4 Å². The van der Waals surface area contributed by atoms with Crippen molar-refractivity contribution in [3.8, 4) is 5.75 Å². The lowest BCUT2D eigenvalue weighted by molar-refractivity contribution is -0.114. The Balaban J connectivity index is 1.62. The molecule has 6 nitrogen and oxygen atoms in total. The number of aliphatic imine (C=N–C) groups is 1. The summed E-state index contributed by atoms with van der Waals surface area (Å²) in [7, 11) is 1.60. The molecular formula is C25H34N4O2. The number of guanidine groups is 1. The van der Waals surface area contributed by atoms with Crippen LogP contribution in [0.2, 0.25) is 0 Å². The van der Waals surface area contributed by atoms with Crippen LogP contribution < -0.4 is 15.4 Å². The fourth-order valence-corrected chi connectivity index (χ4v) is 4.03. The molecule has 1 amide bonds. The number of hydrogen-bond acceptors (Lipinski definition) is 3. The average Bonchev–Trinajstić information content (AvgIpc) is 2.78. The Bertz CT molecular complexity index is 874. The van der Waals surface area contributed by atoms with E-state index in [-0.39, 0.29) is 5.91 Å². The van der Waals surface area contributed by atoms with Gasteiger partial charge in [0.2, 0.25) is 5.91 Å². The van der Waals surface area contributed by atoms with Crippen molar-refractivity contribution in [3.63, 3.8) is 0 Å². The molecule has 1 fully saturated rings. The van der Waals surface area contributed by atoms with Gasteiger partial charge in [0.1, 0.15) is 5.75 Å². The second kappa shape index (κ2) is 11.4. The molecule has 1 heterocycles. The number of amides is 1. The Morgan fingerprint density at radius 3 is 2.52 bits per heavy atom. The molecule has 31 heavy (non-hydrogen) atoms. The van der Waals surface area contributed by atoms with Gasteiger partial charge in [0.05, 0.1) is 19.3 Å². The van der Waals surface area contributed by atoms with Crippen LogP contribution in [-0.2, 0) is 17.8 Å². The minimum Gasteiger partial charge on any atom is -0.495 e. The van der Waals surface area contributed by atoms with Crippen molar-refractivity contribution in [2.24, 2.45) is 10.9 Å². The third-order valence-corrected chi connectivity index (χ3v) is 5.60. The fraction of sp³-hybridized carbons (Fsp3) is 0.440. The maximum Gasteiger partial charge on any atom is 0.221 e. The molecule has 2 aromatic rings. The number of piperidine rings is 1. The highest BCUT2D eigenvalue weighted by Crippen LogP contribution is 2.26. The lowest BCUT2D eigenvalue weighted by atomic mass is 9.90. The van der Waals surface area contributed by atoms with Crippen molar-refractivity contribution in [2.75, 3.05) is 32.1 Å². The van der Waals surface area contributed by atoms with Crippen molar-refractivity contribution in [1.29, 1.82) is 0 Å². The molecule has 1 aliphatic rings. The highest BCUT2D eigenvalue weighted by molar-refractivity contribution is 5.90.